The van der Waals surface area contributed by atoms with Crippen molar-refractivity contribution in [3.05, 3.63) is 41.2 Å². The van der Waals surface area contributed by atoms with E-state index in [4.69, 9.17) is 5.11 Å². The molecule has 3 nitrogen and oxygen atoms in total. The van der Waals surface area contributed by atoms with E-state index in [9.17, 15) is 9.18 Å². The Morgan fingerprint density at radius 2 is 2.10 bits per heavy atom. The Kier molecular flexibility index (Phi) is 4.06. The molecule has 2 aliphatic carbocycles. The summed E-state index contributed by atoms with van der Waals surface area (Å²) in [6.45, 7) is 1.97. The topological polar surface area (TPSA) is 40.5 Å². The highest BCUT2D eigenvalue weighted by Gasteiger charge is 2.33. The fourth-order valence-corrected chi connectivity index (χ4v) is 2.63. The van der Waals surface area contributed by atoms with Gasteiger partial charge in [-0.3, -0.25) is 4.90 Å². The number of benzene rings is 1. The minimum atomic E-state index is -1.06. The normalized spacial score (nSPS) is 18.6. The summed E-state index contributed by atoms with van der Waals surface area (Å²) < 4.78 is 13.7. The molecule has 0 aromatic heterocycles. The molecule has 0 heterocycles. The van der Waals surface area contributed by atoms with Gasteiger partial charge < -0.3 is 5.11 Å². The lowest BCUT2D eigenvalue weighted by molar-refractivity contribution is -0.131. The van der Waals surface area contributed by atoms with E-state index in [2.05, 4.69) is 4.90 Å². The van der Waals surface area contributed by atoms with Gasteiger partial charge in [0.25, 0.3) is 0 Å². The van der Waals surface area contributed by atoms with Gasteiger partial charge in [0.1, 0.15) is 5.82 Å². The van der Waals surface area contributed by atoms with Gasteiger partial charge in [0.2, 0.25) is 0 Å². The van der Waals surface area contributed by atoms with Crippen molar-refractivity contribution >= 4 is 12.0 Å². The summed E-state index contributed by atoms with van der Waals surface area (Å²) in [6.07, 6.45) is 7.49. The monoisotopic (exact) mass is 289 g/mol. The van der Waals surface area contributed by atoms with Crippen molar-refractivity contribution in [3.8, 4) is 0 Å². The van der Waals surface area contributed by atoms with Gasteiger partial charge in [-0.1, -0.05) is 6.07 Å². The molecule has 0 spiro atoms. The maximum absolute atomic E-state index is 13.7. The average Bonchev–Trinajstić information content (AvgIpc) is 3.31. The van der Waals surface area contributed by atoms with Crippen LogP contribution in [-0.2, 0) is 11.3 Å². The number of aliphatic carboxylic acids is 1. The molecule has 2 saturated carbocycles. The molecule has 0 atom stereocenters. The Morgan fingerprint density at radius 1 is 1.33 bits per heavy atom. The van der Waals surface area contributed by atoms with Crippen LogP contribution in [-0.4, -0.2) is 28.6 Å². The molecule has 1 aromatic carbocycles. The van der Waals surface area contributed by atoms with E-state index in [1.54, 1.807) is 12.1 Å². The Morgan fingerprint density at radius 3 is 2.71 bits per heavy atom. The molecule has 21 heavy (non-hydrogen) atoms. The standard InChI is InChI=1S/C17H20FNO2/c18-16-7-3-13(9-14(16)4-8-17(20)21)11-19(15-5-6-15)10-12-1-2-12/h3-4,7-9,12,15H,1-2,5-6,10-11H2,(H,20,21). The number of carbonyl (C=O) groups is 1. The van der Waals surface area contributed by atoms with Crippen LogP contribution in [0.1, 0.15) is 36.8 Å². The SMILES string of the molecule is O=C(O)C=Cc1cc(CN(CC2CC2)C2CC2)ccc1F. The molecule has 0 saturated heterocycles. The molecular weight excluding hydrogens is 269 g/mol. The number of halogens is 1. The number of rotatable bonds is 7. The van der Waals surface area contributed by atoms with Crippen molar-refractivity contribution in [2.75, 3.05) is 6.54 Å². The van der Waals surface area contributed by atoms with Crippen LogP contribution in [0.4, 0.5) is 4.39 Å². The molecular formula is C17H20FNO2. The second-order valence-electron chi connectivity index (χ2n) is 6.13. The van der Waals surface area contributed by atoms with Gasteiger partial charge in [0.05, 0.1) is 0 Å². The van der Waals surface area contributed by atoms with E-state index in [1.807, 2.05) is 0 Å². The first-order chi connectivity index (χ1) is 10.1. The molecule has 4 heteroatoms. The third-order valence-corrected chi connectivity index (χ3v) is 4.10. The van der Waals surface area contributed by atoms with Gasteiger partial charge in [0, 0.05) is 30.8 Å². The van der Waals surface area contributed by atoms with E-state index < -0.39 is 5.97 Å². The highest BCUT2D eigenvalue weighted by Crippen LogP contribution is 2.35. The van der Waals surface area contributed by atoms with Gasteiger partial charge in [-0.25, -0.2) is 9.18 Å². The molecule has 0 amide bonds. The first-order valence-corrected chi connectivity index (χ1v) is 7.55. The second-order valence-corrected chi connectivity index (χ2v) is 6.13. The quantitative estimate of drug-likeness (QED) is 0.783. The average molecular weight is 289 g/mol. The van der Waals surface area contributed by atoms with Crippen molar-refractivity contribution in [2.24, 2.45) is 5.92 Å². The molecule has 0 unspecified atom stereocenters. The third kappa shape index (κ3) is 4.14. The van der Waals surface area contributed by atoms with Crippen molar-refractivity contribution in [1.29, 1.82) is 0 Å². The lowest BCUT2D eigenvalue weighted by atomic mass is 10.1. The molecule has 1 aromatic rings. The summed E-state index contributed by atoms with van der Waals surface area (Å²) in [5.41, 5.74) is 1.39. The van der Waals surface area contributed by atoms with Crippen molar-refractivity contribution < 1.29 is 14.3 Å². The maximum atomic E-state index is 13.7. The Labute approximate surface area is 124 Å². The van der Waals surface area contributed by atoms with Gasteiger partial charge in [-0.05, 0) is 55.4 Å². The largest absolute Gasteiger partial charge is 0.478 e. The predicted molar refractivity (Wildman–Crippen MR) is 79.2 cm³/mol. The number of nitrogens with zero attached hydrogens (tertiary/aromatic N) is 1. The summed E-state index contributed by atoms with van der Waals surface area (Å²) in [5.74, 6) is -0.595. The lowest BCUT2D eigenvalue weighted by Gasteiger charge is -2.22. The van der Waals surface area contributed by atoms with Crippen LogP contribution in [0.25, 0.3) is 6.08 Å². The molecule has 112 valence electrons. The van der Waals surface area contributed by atoms with E-state index in [-0.39, 0.29) is 5.82 Å². The van der Waals surface area contributed by atoms with Gasteiger partial charge in [0.15, 0.2) is 0 Å². The fourth-order valence-electron chi connectivity index (χ4n) is 2.63. The highest BCUT2D eigenvalue weighted by molar-refractivity contribution is 5.85. The van der Waals surface area contributed by atoms with Crippen LogP contribution in [0, 0.1) is 11.7 Å². The van der Waals surface area contributed by atoms with E-state index in [0.717, 1.165) is 30.6 Å². The van der Waals surface area contributed by atoms with Crippen molar-refractivity contribution in [3.63, 3.8) is 0 Å². The lowest BCUT2D eigenvalue weighted by Crippen LogP contribution is -2.27. The highest BCUT2D eigenvalue weighted by atomic mass is 19.1. The summed E-state index contributed by atoms with van der Waals surface area (Å²) in [7, 11) is 0. The molecule has 0 radical (unpaired) electrons. The van der Waals surface area contributed by atoms with Crippen LogP contribution in [0.2, 0.25) is 0 Å². The van der Waals surface area contributed by atoms with Crippen molar-refractivity contribution in [1.82, 2.24) is 4.90 Å². The fraction of sp³-hybridized carbons (Fsp3) is 0.471. The maximum Gasteiger partial charge on any atom is 0.328 e. The number of carboxylic acids is 1. The summed E-state index contributed by atoms with van der Waals surface area (Å²) >= 11 is 0. The zero-order chi connectivity index (χ0) is 14.8. The molecule has 0 bridgehead atoms. The van der Waals surface area contributed by atoms with E-state index in [0.29, 0.717) is 11.6 Å². The summed E-state index contributed by atoms with van der Waals surface area (Å²) in [5, 5.41) is 8.65. The van der Waals surface area contributed by atoms with Crippen LogP contribution >= 0.6 is 0 Å². The summed E-state index contributed by atoms with van der Waals surface area (Å²) in [4.78, 5) is 13.1. The third-order valence-electron chi connectivity index (χ3n) is 4.10. The number of carboxylic acid groups (broad SMARTS) is 1. The first-order valence-electron chi connectivity index (χ1n) is 7.55. The predicted octanol–water partition coefficient (Wildman–Crippen LogP) is 3.30. The minimum absolute atomic E-state index is 0.345. The van der Waals surface area contributed by atoms with Gasteiger partial charge >= 0.3 is 5.97 Å². The van der Waals surface area contributed by atoms with Crippen LogP contribution < -0.4 is 0 Å². The Bertz CT molecular complexity index is 562. The Balaban J connectivity index is 1.71. The van der Waals surface area contributed by atoms with E-state index >= 15 is 0 Å². The van der Waals surface area contributed by atoms with E-state index in [1.165, 1.54) is 37.8 Å². The molecule has 2 aliphatic rings. The van der Waals surface area contributed by atoms with Crippen LogP contribution in [0.5, 0.6) is 0 Å². The van der Waals surface area contributed by atoms with Crippen molar-refractivity contribution in [2.45, 2.75) is 38.3 Å². The smallest absolute Gasteiger partial charge is 0.328 e. The number of hydrogen-bond donors (Lipinski definition) is 1. The number of hydrogen-bond acceptors (Lipinski definition) is 2. The summed E-state index contributed by atoms with van der Waals surface area (Å²) in [6, 6.07) is 5.68. The first kappa shape index (κ1) is 14.3. The zero-order valence-electron chi connectivity index (χ0n) is 12.0. The molecule has 1 N–H and O–H groups in total. The van der Waals surface area contributed by atoms with Crippen LogP contribution in [0.3, 0.4) is 0 Å². The minimum Gasteiger partial charge on any atom is -0.478 e. The Hall–Kier alpha value is -1.68. The van der Waals surface area contributed by atoms with Gasteiger partial charge in [-0.2, -0.15) is 0 Å². The zero-order valence-corrected chi connectivity index (χ0v) is 12.0. The van der Waals surface area contributed by atoms with Crippen LogP contribution in [0.15, 0.2) is 24.3 Å². The molecule has 0 aliphatic heterocycles. The van der Waals surface area contributed by atoms with Gasteiger partial charge in [-0.15, -0.1) is 0 Å². The molecule has 3 rings (SSSR count). The second kappa shape index (κ2) is 5.98. The molecule has 2 fully saturated rings.